The van der Waals surface area contributed by atoms with Crippen molar-refractivity contribution < 1.29 is 53.1 Å². The summed E-state index contributed by atoms with van der Waals surface area (Å²) in [6.45, 7) is 1.19. The lowest BCUT2D eigenvalue weighted by Crippen LogP contribution is -2.67. The number of hydrogen-bond donors (Lipinski definition) is 2. The Hall–Kier alpha value is -4.38. The smallest absolute Gasteiger partial charge is 0.353 e. The lowest BCUT2D eigenvalue weighted by Gasteiger charge is -2.59. The van der Waals surface area contributed by atoms with Gasteiger partial charge in [0.1, 0.15) is 5.76 Å². The maximum absolute atomic E-state index is 13.1. The summed E-state index contributed by atoms with van der Waals surface area (Å²) in [5.74, 6) is -2.53. The topological polar surface area (TPSA) is 155 Å². The average Bonchev–Trinajstić information content (AvgIpc) is 3.35. The lowest BCUT2D eigenvalue weighted by molar-refractivity contribution is -0.177. The molecule has 0 unspecified atom stereocenters. The molecule has 6 rings (SSSR count). The van der Waals surface area contributed by atoms with Crippen LogP contribution in [-0.2, 0) is 45.2 Å². The van der Waals surface area contributed by atoms with E-state index in [1.54, 1.807) is 31.4 Å². The van der Waals surface area contributed by atoms with Gasteiger partial charge in [0.15, 0.2) is 23.7 Å². The van der Waals surface area contributed by atoms with Gasteiger partial charge < -0.3 is 33.9 Å². The van der Waals surface area contributed by atoms with E-state index in [-0.39, 0.29) is 23.7 Å². The predicted octanol–water partition coefficient (Wildman–Crippen LogP) is 3.69. The van der Waals surface area contributed by atoms with Gasteiger partial charge in [0.2, 0.25) is 6.10 Å². The van der Waals surface area contributed by atoms with Crippen LogP contribution in [0.1, 0.15) is 68.2 Å². The van der Waals surface area contributed by atoms with Crippen molar-refractivity contribution in [2.75, 3.05) is 7.11 Å². The fourth-order valence-corrected chi connectivity index (χ4v) is 7.43. The maximum atomic E-state index is 13.1. The van der Waals surface area contributed by atoms with E-state index in [0.717, 1.165) is 30.4 Å². The molecule has 1 aliphatic heterocycles. The van der Waals surface area contributed by atoms with E-state index in [4.69, 9.17) is 28.8 Å². The number of carboxylic acid groups (broad SMARTS) is 1. The van der Waals surface area contributed by atoms with Gasteiger partial charge in [0.25, 0.3) is 0 Å². The zero-order valence-corrected chi connectivity index (χ0v) is 24.4. The Bertz CT molecular complexity index is 1530. The van der Waals surface area contributed by atoms with E-state index in [2.05, 4.69) is 0 Å². The second-order valence-electron chi connectivity index (χ2n) is 11.8. The zero-order chi connectivity index (χ0) is 31.2. The highest BCUT2D eigenvalue weighted by Crippen LogP contribution is 2.67. The minimum atomic E-state index is -1.51. The molecule has 4 aliphatic rings. The predicted molar refractivity (Wildman–Crippen MR) is 152 cm³/mol. The van der Waals surface area contributed by atoms with Gasteiger partial charge in [-0.2, -0.15) is 0 Å². The van der Waals surface area contributed by atoms with E-state index in [9.17, 15) is 24.3 Å². The molecule has 2 aromatic rings. The number of esters is 3. The third-order valence-electron chi connectivity index (χ3n) is 9.44. The second-order valence-corrected chi connectivity index (χ2v) is 11.8. The third kappa shape index (κ3) is 4.70. The summed E-state index contributed by atoms with van der Waals surface area (Å²) < 4.78 is 28.2. The molecule has 11 nitrogen and oxygen atoms in total. The quantitative estimate of drug-likeness (QED) is 0.301. The molecular weight excluding hydrogens is 572 g/mol. The number of aliphatic hydroxyl groups is 1. The molecule has 0 saturated heterocycles. The Morgan fingerprint density at radius 2 is 1.80 bits per heavy atom. The summed E-state index contributed by atoms with van der Waals surface area (Å²) in [6, 6.07) is 11.9. The van der Waals surface area contributed by atoms with Crippen molar-refractivity contribution in [3.05, 3.63) is 71.0 Å². The van der Waals surface area contributed by atoms with Crippen LogP contribution in [0.5, 0.6) is 11.5 Å². The van der Waals surface area contributed by atoms with Crippen LogP contribution in [0.25, 0.3) is 0 Å². The standard InChI is InChI=1S/C33H34O11/c1-18(30(36)37)41-31(38)27(19-7-4-3-5-8-19)43-25(35)13-12-24(34)42-23-14-16-33(39)21-9-6-15-32(33)26-20(17-21)10-11-22(40-2)28(26)44-29(23)32/h3-5,7-8,10-11,14,18,21,27,29,39H,6,9,12-13,15-17H2,1-2H3,(H,36,37)/t18-,21+,27-,29-,32-,33+/m0/s1. The summed E-state index contributed by atoms with van der Waals surface area (Å²) in [5, 5.41) is 21.3. The fraction of sp³-hybridized carbons (Fsp3) is 0.455. The number of hydrogen-bond acceptors (Lipinski definition) is 10. The monoisotopic (exact) mass is 606 g/mol. The van der Waals surface area contributed by atoms with Gasteiger partial charge in [-0.3, -0.25) is 9.59 Å². The molecule has 44 heavy (non-hydrogen) atoms. The van der Waals surface area contributed by atoms with Gasteiger partial charge in [-0.1, -0.05) is 42.8 Å². The average molecular weight is 607 g/mol. The van der Waals surface area contributed by atoms with Crippen LogP contribution in [-0.4, -0.2) is 59.0 Å². The van der Waals surface area contributed by atoms with Crippen molar-refractivity contribution in [2.45, 2.75) is 81.2 Å². The Labute approximate surface area is 253 Å². The van der Waals surface area contributed by atoms with Crippen LogP contribution >= 0.6 is 0 Å². The van der Waals surface area contributed by atoms with Crippen LogP contribution in [0, 0.1) is 5.92 Å². The highest BCUT2D eigenvalue weighted by Gasteiger charge is 2.70. The van der Waals surface area contributed by atoms with Crippen molar-refractivity contribution in [1.29, 1.82) is 0 Å². The van der Waals surface area contributed by atoms with Crippen molar-refractivity contribution in [1.82, 2.24) is 0 Å². The molecule has 2 bridgehead atoms. The van der Waals surface area contributed by atoms with Crippen LogP contribution in [0.2, 0.25) is 0 Å². The first-order valence-electron chi connectivity index (χ1n) is 14.8. The summed E-state index contributed by atoms with van der Waals surface area (Å²) in [7, 11) is 1.56. The molecule has 0 amide bonds. The van der Waals surface area contributed by atoms with Gasteiger partial charge >= 0.3 is 23.9 Å². The van der Waals surface area contributed by atoms with Crippen LogP contribution in [0.3, 0.4) is 0 Å². The Morgan fingerprint density at radius 3 is 2.52 bits per heavy atom. The molecule has 11 heteroatoms. The van der Waals surface area contributed by atoms with Crippen molar-refractivity contribution in [3.8, 4) is 11.5 Å². The first-order valence-corrected chi connectivity index (χ1v) is 14.8. The number of carboxylic acids is 1. The number of methoxy groups -OCH3 is 1. The van der Waals surface area contributed by atoms with Gasteiger partial charge in [0.05, 0.1) is 31.0 Å². The first-order chi connectivity index (χ1) is 21.1. The van der Waals surface area contributed by atoms with Crippen LogP contribution < -0.4 is 9.47 Å². The molecular formula is C33H34O11. The van der Waals surface area contributed by atoms with E-state index in [1.165, 1.54) is 19.1 Å². The van der Waals surface area contributed by atoms with Crippen molar-refractivity contribution in [2.24, 2.45) is 5.92 Å². The Balaban J connectivity index is 1.16. The highest BCUT2D eigenvalue weighted by molar-refractivity contribution is 5.84. The number of carbonyl (C=O) groups is 4. The number of rotatable bonds is 10. The van der Waals surface area contributed by atoms with E-state index in [0.29, 0.717) is 24.3 Å². The lowest BCUT2D eigenvalue weighted by atomic mass is 9.47. The van der Waals surface area contributed by atoms with Crippen LogP contribution in [0.15, 0.2) is 54.3 Å². The molecule has 2 N–H and O–H groups in total. The molecule has 2 aromatic carbocycles. The van der Waals surface area contributed by atoms with E-state index < -0.39 is 59.6 Å². The normalized spacial score (nSPS) is 27.0. The van der Waals surface area contributed by atoms with Gasteiger partial charge in [0, 0.05) is 11.1 Å². The van der Waals surface area contributed by atoms with Crippen molar-refractivity contribution in [3.63, 3.8) is 0 Å². The second kappa shape index (κ2) is 11.3. The first kappa shape index (κ1) is 29.7. The van der Waals surface area contributed by atoms with Gasteiger partial charge in [-0.25, -0.2) is 9.59 Å². The molecule has 6 atom stereocenters. The SMILES string of the molecule is COc1ccc2c3c1O[C@H]1C(OC(=O)CCC(=O)O[C@H](C(=O)O[C@@H](C)C(=O)O)c4ccccc4)=CC[C@@]4(O)[C@H](CCC[C@]314)C2. The Kier molecular flexibility index (Phi) is 7.61. The summed E-state index contributed by atoms with van der Waals surface area (Å²) >= 11 is 0. The number of aliphatic carboxylic acids is 1. The molecule has 0 aromatic heterocycles. The summed E-state index contributed by atoms with van der Waals surface area (Å²) in [4.78, 5) is 49.7. The highest BCUT2D eigenvalue weighted by atomic mass is 16.6. The van der Waals surface area contributed by atoms with Gasteiger partial charge in [-0.15, -0.1) is 0 Å². The molecule has 1 heterocycles. The van der Waals surface area contributed by atoms with Gasteiger partial charge in [-0.05, 0) is 56.2 Å². The summed E-state index contributed by atoms with van der Waals surface area (Å²) in [6.07, 6.45) is 0.736. The summed E-state index contributed by atoms with van der Waals surface area (Å²) in [5.41, 5.74) is 0.488. The molecule has 1 fully saturated rings. The molecule has 1 spiro atoms. The van der Waals surface area contributed by atoms with Crippen molar-refractivity contribution >= 4 is 23.9 Å². The molecule has 3 aliphatic carbocycles. The number of benzene rings is 2. The molecule has 232 valence electrons. The van der Waals surface area contributed by atoms with E-state index in [1.807, 2.05) is 12.1 Å². The third-order valence-corrected chi connectivity index (χ3v) is 9.44. The maximum Gasteiger partial charge on any atom is 0.353 e. The zero-order valence-electron chi connectivity index (χ0n) is 24.4. The largest absolute Gasteiger partial charge is 0.493 e. The molecule has 1 saturated carbocycles. The number of ether oxygens (including phenoxy) is 5. The number of carbonyl (C=O) groups excluding carboxylic acids is 3. The molecule has 0 radical (unpaired) electrons. The minimum Gasteiger partial charge on any atom is -0.493 e. The Morgan fingerprint density at radius 1 is 1.05 bits per heavy atom. The fourth-order valence-electron chi connectivity index (χ4n) is 7.43. The van der Waals surface area contributed by atoms with Crippen LogP contribution in [0.4, 0.5) is 0 Å². The minimum absolute atomic E-state index is 0.0419. The van der Waals surface area contributed by atoms with E-state index >= 15 is 0 Å².